The molecule has 0 spiro atoms. The van der Waals surface area contributed by atoms with E-state index in [0.29, 0.717) is 12.6 Å². The van der Waals surface area contributed by atoms with Crippen LogP contribution in [0.4, 0.5) is 0 Å². The number of rotatable bonds is 7. The number of hydrogen-bond acceptors (Lipinski definition) is 3. The number of ether oxygens (including phenoxy) is 1. The fourth-order valence-corrected chi connectivity index (χ4v) is 2.41. The highest BCUT2D eigenvalue weighted by Gasteiger charge is 2.09. The van der Waals surface area contributed by atoms with Gasteiger partial charge in [0.25, 0.3) is 0 Å². The topological polar surface area (TPSA) is 24.5 Å². The van der Waals surface area contributed by atoms with Gasteiger partial charge in [-0.3, -0.25) is 0 Å². The first-order chi connectivity index (χ1) is 8.54. The largest absolute Gasteiger partial charge is 0.492 e. The van der Waals surface area contributed by atoms with Crippen LogP contribution in [0, 0.1) is 0 Å². The fourth-order valence-electron chi connectivity index (χ4n) is 1.71. The maximum atomic E-state index is 5.70. The summed E-state index contributed by atoms with van der Waals surface area (Å²) in [6, 6.07) is 6.53. The molecular weight excluding hydrogens is 292 g/mol. The van der Waals surface area contributed by atoms with E-state index in [9.17, 15) is 0 Å². The Kier molecular flexibility index (Phi) is 6.68. The zero-order valence-corrected chi connectivity index (χ0v) is 13.3. The first-order valence-corrected chi connectivity index (χ1v) is 7.14. The normalized spacial score (nSPS) is 12.8. The fraction of sp³-hybridized carbons (Fsp3) is 0.571. The summed E-state index contributed by atoms with van der Waals surface area (Å²) in [5, 5.41) is 3.40. The lowest BCUT2D eigenvalue weighted by molar-refractivity contribution is 0.261. The van der Waals surface area contributed by atoms with Crippen molar-refractivity contribution in [3.8, 4) is 5.75 Å². The third-order valence-corrected chi connectivity index (χ3v) is 3.44. The lowest BCUT2D eigenvalue weighted by Gasteiger charge is -2.16. The van der Waals surface area contributed by atoms with Gasteiger partial charge in [-0.1, -0.05) is 28.9 Å². The third-order valence-electron chi connectivity index (χ3n) is 2.76. The van der Waals surface area contributed by atoms with Crippen molar-refractivity contribution in [3.05, 3.63) is 28.2 Å². The van der Waals surface area contributed by atoms with E-state index >= 15 is 0 Å². The summed E-state index contributed by atoms with van der Waals surface area (Å²) < 4.78 is 6.80. The van der Waals surface area contributed by atoms with Crippen molar-refractivity contribution in [2.24, 2.45) is 0 Å². The van der Waals surface area contributed by atoms with Crippen molar-refractivity contribution < 1.29 is 4.74 Å². The number of hydrogen-bond donors (Lipinski definition) is 1. The second kappa shape index (κ2) is 7.77. The standard InChI is InChI=1S/C14H23BrN2O/c1-5-16-11(2)13-7-6-12(10-14(13)15)18-9-8-17(3)4/h6-7,10-11,16H,5,8-9H2,1-4H3. The third kappa shape index (κ3) is 4.96. The minimum absolute atomic E-state index is 0.347. The van der Waals surface area contributed by atoms with E-state index in [1.807, 2.05) is 26.2 Å². The molecule has 0 aliphatic carbocycles. The van der Waals surface area contributed by atoms with Crippen LogP contribution in [-0.2, 0) is 0 Å². The molecule has 1 aromatic carbocycles. The molecule has 0 aromatic heterocycles. The van der Waals surface area contributed by atoms with Crippen molar-refractivity contribution in [1.29, 1.82) is 0 Å². The first kappa shape index (κ1) is 15.5. The molecule has 1 unspecified atom stereocenters. The van der Waals surface area contributed by atoms with Gasteiger partial charge in [0, 0.05) is 17.1 Å². The van der Waals surface area contributed by atoms with E-state index in [1.54, 1.807) is 0 Å². The van der Waals surface area contributed by atoms with Crippen LogP contribution in [-0.4, -0.2) is 38.7 Å². The molecule has 0 bridgehead atoms. The van der Waals surface area contributed by atoms with Crippen LogP contribution in [0.3, 0.4) is 0 Å². The Morgan fingerprint density at radius 3 is 2.67 bits per heavy atom. The van der Waals surface area contributed by atoms with Gasteiger partial charge in [0.05, 0.1) is 0 Å². The van der Waals surface area contributed by atoms with E-state index in [2.05, 4.69) is 46.1 Å². The van der Waals surface area contributed by atoms with Gasteiger partial charge in [0.15, 0.2) is 0 Å². The average molecular weight is 315 g/mol. The molecule has 1 rings (SSSR count). The monoisotopic (exact) mass is 314 g/mol. The maximum Gasteiger partial charge on any atom is 0.120 e. The van der Waals surface area contributed by atoms with E-state index in [0.717, 1.165) is 23.3 Å². The minimum atomic E-state index is 0.347. The Morgan fingerprint density at radius 1 is 1.39 bits per heavy atom. The summed E-state index contributed by atoms with van der Waals surface area (Å²) in [6.07, 6.45) is 0. The Balaban J connectivity index is 2.61. The van der Waals surface area contributed by atoms with Crippen molar-refractivity contribution >= 4 is 15.9 Å². The molecule has 0 amide bonds. The summed E-state index contributed by atoms with van der Waals surface area (Å²) in [7, 11) is 4.08. The molecule has 0 radical (unpaired) electrons. The second-order valence-corrected chi connectivity index (χ2v) is 5.47. The van der Waals surface area contributed by atoms with Crippen molar-refractivity contribution in [3.63, 3.8) is 0 Å². The summed E-state index contributed by atoms with van der Waals surface area (Å²) in [5.41, 5.74) is 1.26. The Hall–Kier alpha value is -0.580. The maximum absolute atomic E-state index is 5.70. The van der Waals surface area contributed by atoms with Crippen LogP contribution in [0.15, 0.2) is 22.7 Å². The summed E-state index contributed by atoms with van der Waals surface area (Å²) >= 11 is 3.61. The summed E-state index contributed by atoms with van der Waals surface area (Å²) in [5.74, 6) is 0.913. The highest BCUT2D eigenvalue weighted by atomic mass is 79.9. The van der Waals surface area contributed by atoms with Crippen LogP contribution >= 0.6 is 15.9 Å². The Labute approximate surface area is 119 Å². The number of halogens is 1. The zero-order valence-electron chi connectivity index (χ0n) is 11.7. The number of likely N-dealkylation sites (N-methyl/N-ethyl adjacent to an activating group) is 1. The molecule has 1 N–H and O–H groups in total. The van der Waals surface area contributed by atoms with Gasteiger partial charge in [-0.25, -0.2) is 0 Å². The highest BCUT2D eigenvalue weighted by Crippen LogP contribution is 2.27. The van der Waals surface area contributed by atoms with Gasteiger partial charge < -0.3 is 15.0 Å². The van der Waals surface area contributed by atoms with Crippen LogP contribution < -0.4 is 10.1 Å². The second-order valence-electron chi connectivity index (χ2n) is 4.61. The van der Waals surface area contributed by atoms with Gasteiger partial charge >= 0.3 is 0 Å². The van der Waals surface area contributed by atoms with E-state index < -0.39 is 0 Å². The van der Waals surface area contributed by atoms with Crippen LogP contribution in [0.2, 0.25) is 0 Å². The molecule has 1 atom stereocenters. The predicted molar refractivity (Wildman–Crippen MR) is 80.3 cm³/mol. The predicted octanol–water partition coefficient (Wildman–Crippen LogP) is 3.06. The number of nitrogens with one attached hydrogen (secondary N) is 1. The Bertz CT molecular complexity index is 369. The van der Waals surface area contributed by atoms with Crippen LogP contribution in [0.5, 0.6) is 5.75 Å². The van der Waals surface area contributed by atoms with Crippen molar-refractivity contribution in [2.75, 3.05) is 33.8 Å². The van der Waals surface area contributed by atoms with Crippen molar-refractivity contribution in [2.45, 2.75) is 19.9 Å². The van der Waals surface area contributed by atoms with E-state index in [1.165, 1.54) is 5.56 Å². The lowest BCUT2D eigenvalue weighted by atomic mass is 10.1. The summed E-state index contributed by atoms with van der Waals surface area (Å²) in [4.78, 5) is 2.11. The average Bonchev–Trinajstić information content (AvgIpc) is 2.28. The molecule has 0 heterocycles. The summed E-state index contributed by atoms with van der Waals surface area (Å²) in [6.45, 7) is 6.88. The van der Waals surface area contributed by atoms with Crippen LogP contribution in [0.1, 0.15) is 25.5 Å². The molecule has 0 fully saturated rings. The van der Waals surface area contributed by atoms with Gasteiger partial charge in [-0.05, 0) is 45.3 Å². The SMILES string of the molecule is CCNC(C)c1ccc(OCCN(C)C)cc1Br. The van der Waals surface area contributed by atoms with Crippen molar-refractivity contribution in [1.82, 2.24) is 10.2 Å². The van der Waals surface area contributed by atoms with Crippen LogP contribution in [0.25, 0.3) is 0 Å². The molecule has 0 aliphatic heterocycles. The molecule has 0 saturated heterocycles. The molecule has 3 nitrogen and oxygen atoms in total. The zero-order chi connectivity index (χ0) is 13.5. The minimum Gasteiger partial charge on any atom is -0.492 e. The number of nitrogens with zero attached hydrogens (tertiary/aromatic N) is 1. The van der Waals surface area contributed by atoms with Gasteiger partial charge in [0.2, 0.25) is 0 Å². The molecule has 1 aromatic rings. The number of benzene rings is 1. The molecule has 4 heteroatoms. The lowest BCUT2D eigenvalue weighted by Crippen LogP contribution is -2.19. The van der Waals surface area contributed by atoms with E-state index in [4.69, 9.17) is 4.74 Å². The highest BCUT2D eigenvalue weighted by molar-refractivity contribution is 9.10. The molecule has 102 valence electrons. The van der Waals surface area contributed by atoms with Gasteiger partial charge in [-0.15, -0.1) is 0 Å². The van der Waals surface area contributed by atoms with Gasteiger partial charge in [-0.2, -0.15) is 0 Å². The quantitative estimate of drug-likeness (QED) is 0.837. The van der Waals surface area contributed by atoms with Gasteiger partial charge in [0.1, 0.15) is 12.4 Å². The molecule has 18 heavy (non-hydrogen) atoms. The first-order valence-electron chi connectivity index (χ1n) is 6.35. The smallest absolute Gasteiger partial charge is 0.120 e. The Morgan fingerprint density at radius 2 is 2.11 bits per heavy atom. The molecular formula is C14H23BrN2O. The molecule has 0 saturated carbocycles. The molecule has 0 aliphatic rings. The van der Waals surface area contributed by atoms with E-state index in [-0.39, 0.29) is 0 Å².